The van der Waals surface area contributed by atoms with Gasteiger partial charge in [0.05, 0.1) is 11.5 Å². The molecule has 0 heterocycles. The fourth-order valence-corrected chi connectivity index (χ4v) is 3.96. The summed E-state index contributed by atoms with van der Waals surface area (Å²) in [4.78, 5) is 11.7. The Labute approximate surface area is 147 Å². The van der Waals surface area contributed by atoms with E-state index in [1.165, 1.54) is 12.1 Å². The van der Waals surface area contributed by atoms with Gasteiger partial charge in [-0.15, -0.1) is 0 Å². The Hall–Kier alpha value is -2.25. The molecule has 0 aliphatic heterocycles. The Morgan fingerprint density at radius 1 is 1.16 bits per heavy atom. The molecule has 25 heavy (non-hydrogen) atoms. The van der Waals surface area contributed by atoms with Crippen LogP contribution in [0.1, 0.15) is 18.1 Å². The van der Waals surface area contributed by atoms with Crippen LogP contribution in [0.15, 0.2) is 53.4 Å². The first-order chi connectivity index (χ1) is 11.8. The maximum atomic E-state index is 13.6. The number of esters is 1. The summed E-state index contributed by atoms with van der Waals surface area (Å²) in [5.41, 5.74) is 1.12. The largest absolute Gasteiger partial charge is 0.465 e. The van der Waals surface area contributed by atoms with E-state index < -0.39 is 28.4 Å². The summed E-state index contributed by atoms with van der Waals surface area (Å²) >= 11 is 0. The van der Waals surface area contributed by atoms with Crippen LogP contribution in [-0.2, 0) is 26.1 Å². The molecule has 0 atom stereocenters. The predicted octanol–water partition coefficient (Wildman–Crippen LogP) is 2.89. The molecule has 0 spiro atoms. The van der Waals surface area contributed by atoms with Crippen molar-refractivity contribution in [3.8, 4) is 0 Å². The van der Waals surface area contributed by atoms with E-state index in [0.29, 0.717) is 11.1 Å². The second kappa shape index (κ2) is 8.22. The molecule has 2 aromatic carbocycles. The molecule has 0 radical (unpaired) electrons. The van der Waals surface area contributed by atoms with Crippen molar-refractivity contribution < 1.29 is 22.3 Å². The van der Waals surface area contributed by atoms with Crippen LogP contribution in [0.4, 0.5) is 4.39 Å². The van der Waals surface area contributed by atoms with E-state index in [1.807, 2.05) is 6.07 Å². The zero-order valence-corrected chi connectivity index (χ0v) is 14.9. The smallest absolute Gasteiger partial charge is 0.321 e. The Bertz CT molecular complexity index is 837. The monoisotopic (exact) mass is 365 g/mol. The third kappa shape index (κ3) is 4.87. The van der Waals surface area contributed by atoms with Crippen molar-refractivity contribution in [2.24, 2.45) is 0 Å². The highest BCUT2D eigenvalue weighted by atomic mass is 32.2. The number of carbonyl (C=O) groups is 1. The number of carbonyl (C=O) groups excluding carboxylic acids is 1. The Morgan fingerprint density at radius 2 is 1.84 bits per heavy atom. The van der Waals surface area contributed by atoms with Gasteiger partial charge >= 0.3 is 5.97 Å². The van der Waals surface area contributed by atoms with Gasteiger partial charge < -0.3 is 4.74 Å². The molecule has 0 saturated heterocycles. The van der Waals surface area contributed by atoms with Crippen LogP contribution in [-0.4, -0.2) is 31.8 Å². The topological polar surface area (TPSA) is 63.7 Å². The highest BCUT2D eigenvalue weighted by Gasteiger charge is 2.29. The summed E-state index contributed by atoms with van der Waals surface area (Å²) in [7, 11) is -4.07. The van der Waals surface area contributed by atoms with Gasteiger partial charge in [-0.25, -0.2) is 12.8 Å². The van der Waals surface area contributed by atoms with Crippen LogP contribution in [0.5, 0.6) is 0 Å². The van der Waals surface area contributed by atoms with Crippen LogP contribution in [0.3, 0.4) is 0 Å². The third-order valence-electron chi connectivity index (χ3n) is 3.58. The molecule has 7 heteroatoms. The number of benzene rings is 2. The molecule has 5 nitrogen and oxygen atoms in total. The van der Waals surface area contributed by atoms with E-state index in [0.717, 1.165) is 10.4 Å². The second-order valence-corrected chi connectivity index (χ2v) is 7.38. The summed E-state index contributed by atoms with van der Waals surface area (Å²) in [5.74, 6) is -1.31. The molecule has 0 aromatic heterocycles. The van der Waals surface area contributed by atoms with E-state index in [1.54, 1.807) is 38.1 Å². The normalized spacial score (nSPS) is 11.5. The zero-order chi connectivity index (χ0) is 18.4. The lowest BCUT2D eigenvalue weighted by Crippen LogP contribution is -2.36. The summed E-state index contributed by atoms with van der Waals surface area (Å²) < 4.78 is 45.5. The number of halogens is 1. The number of aryl methyl sites for hydroxylation is 1. The first-order valence-corrected chi connectivity index (χ1v) is 9.24. The van der Waals surface area contributed by atoms with E-state index in [-0.39, 0.29) is 18.0 Å². The van der Waals surface area contributed by atoms with Crippen molar-refractivity contribution in [3.05, 3.63) is 65.5 Å². The van der Waals surface area contributed by atoms with Crippen LogP contribution in [0.25, 0.3) is 0 Å². The predicted molar refractivity (Wildman–Crippen MR) is 91.8 cm³/mol. The molecule has 2 rings (SSSR count). The summed E-state index contributed by atoms with van der Waals surface area (Å²) in [6.45, 7) is 2.91. The number of nitrogens with zero attached hydrogens (tertiary/aromatic N) is 1. The first kappa shape index (κ1) is 19.1. The molecule has 0 bridgehead atoms. The minimum Gasteiger partial charge on any atom is -0.465 e. The fourth-order valence-electron chi connectivity index (χ4n) is 2.35. The Kier molecular flexibility index (Phi) is 6.27. The standard InChI is InChI=1S/C18H20FNO4S/c1-3-24-18(21)13-20(12-15-7-5-4-6-8-15)25(22,23)17-11-16(19)10-9-14(17)2/h4-11H,3,12-13H2,1-2H3. The third-order valence-corrected chi connectivity index (χ3v) is 5.51. The number of rotatable bonds is 7. The van der Waals surface area contributed by atoms with Gasteiger partial charge in [0.2, 0.25) is 10.0 Å². The molecular weight excluding hydrogens is 345 g/mol. The van der Waals surface area contributed by atoms with Gasteiger partial charge in [-0.3, -0.25) is 4.79 Å². The van der Waals surface area contributed by atoms with Gasteiger partial charge in [0, 0.05) is 6.54 Å². The van der Waals surface area contributed by atoms with E-state index in [9.17, 15) is 17.6 Å². The fraction of sp³-hybridized carbons (Fsp3) is 0.278. The molecule has 2 aromatic rings. The maximum absolute atomic E-state index is 13.6. The second-order valence-electron chi connectivity index (χ2n) is 5.47. The quantitative estimate of drug-likeness (QED) is 0.708. The van der Waals surface area contributed by atoms with Crippen LogP contribution in [0.2, 0.25) is 0 Å². The number of sulfonamides is 1. The molecule has 0 aliphatic carbocycles. The molecular formula is C18H20FNO4S. The lowest BCUT2D eigenvalue weighted by molar-refractivity contribution is -0.143. The summed E-state index contributed by atoms with van der Waals surface area (Å²) in [5, 5.41) is 0. The average Bonchev–Trinajstić information content (AvgIpc) is 2.57. The van der Waals surface area contributed by atoms with Crippen LogP contribution >= 0.6 is 0 Å². The van der Waals surface area contributed by atoms with Gasteiger partial charge in [-0.1, -0.05) is 36.4 Å². The van der Waals surface area contributed by atoms with Crippen molar-refractivity contribution in [2.45, 2.75) is 25.3 Å². The van der Waals surface area contributed by atoms with Gasteiger partial charge in [-0.2, -0.15) is 4.31 Å². The molecule has 0 aliphatic rings. The highest BCUT2D eigenvalue weighted by molar-refractivity contribution is 7.89. The number of hydrogen-bond acceptors (Lipinski definition) is 4. The lowest BCUT2D eigenvalue weighted by Gasteiger charge is -2.22. The molecule has 0 amide bonds. The van der Waals surface area contributed by atoms with Gasteiger partial charge in [0.15, 0.2) is 0 Å². The van der Waals surface area contributed by atoms with Crippen molar-refractivity contribution in [2.75, 3.05) is 13.2 Å². The molecule has 0 saturated carbocycles. The molecule has 134 valence electrons. The SMILES string of the molecule is CCOC(=O)CN(Cc1ccccc1)S(=O)(=O)c1cc(F)ccc1C. The number of ether oxygens (including phenoxy) is 1. The Balaban J connectivity index is 2.41. The van der Waals surface area contributed by atoms with E-state index in [4.69, 9.17) is 4.74 Å². The van der Waals surface area contributed by atoms with Gasteiger partial charge in [0.1, 0.15) is 12.4 Å². The summed E-state index contributed by atoms with van der Waals surface area (Å²) in [6.07, 6.45) is 0. The zero-order valence-electron chi connectivity index (χ0n) is 14.1. The summed E-state index contributed by atoms with van der Waals surface area (Å²) in [6, 6.07) is 12.4. The maximum Gasteiger partial charge on any atom is 0.321 e. The van der Waals surface area contributed by atoms with Crippen LogP contribution < -0.4 is 0 Å². The molecule has 0 unspecified atom stereocenters. The van der Waals surface area contributed by atoms with E-state index >= 15 is 0 Å². The highest BCUT2D eigenvalue weighted by Crippen LogP contribution is 2.22. The van der Waals surface area contributed by atoms with Crippen molar-refractivity contribution >= 4 is 16.0 Å². The van der Waals surface area contributed by atoms with Crippen molar-refractivity contribution in [1.29, 1.82) is 0 Å². The first-order valence-electron chi connectivity index (χ1n) is 7.80. The lowest BCUT2D eigenvalue weighted by atomic mass is 10.2. The van der Waals surface area contributed by atoms with Crippen LogP contribution in [0, 0.1) is 12.7 Å². The van der Waals surface area contributed by atoms with Crippen molar-refractivity contribution in [3.63, 3.8) is 0 Å². The van der Waals surface area contributed by atoms with Gasteiger partial charge in [0.25, 0.3) is 0 Å². The van der Waals surface area contributed by atoms with Gasteiger partial charge in [-0.05, 0) is 37.1 Å². The van der Waals surface area contributed by atoms with E-state index in [2.05, 4.69) is 0 Å². The molecule has 0 fully saturated rings. The Morgan fingerprint density at radius 3 is 2.48 bits per heavy atom. The van der Waals surface area contributed by atoms with Crippen molar-refractivity contribution in [1.82, 2.24) is 4.31 Å². The number of hydrogen-bond donors (Lipinski definition) is 0. The average molecular weight is 365 g/mol. The molecule has 0 N–H and O–H groups in total. The minimum absolute atomic E-state index is 0.0159. The minimum atomic E-state index is -4.07.